The molecular formula is C21H28Cl2N2O6S. The summed E-state index contributed by atoms with van der Waals surface area (Å²) < 4.78 is 45.3. The average molecular weight is 507 g/mol. The monoisotopic (exact) mass is 506 g/mol. The Balaban J connectivity index is 1.72. The van der Waals surface area contributed by atoms with E-state index in [0.29, 0.717) is 39.3 Å². The number of ether oxygens (including phenoxy) is 3. The van der Waals surface area contributed by atoms with Crippen molar-refractivity contribution in [3.8, 4) is 0 Å². The van der Waals surface area contributed by atoms with Crippen LogP contribution in [0.25, 0.3) is 0 Å². The summed E-state index contributed by atoms with van der Waals surface area (Å²) in [6.07, 6.45) is 1.98. The summed E-state index contributed by atoms with van der Waals surface area (Å²) in [5, 5.41) is 0.457. The lowest BCUT2D eigenvalue weighted by molar-refractivity contribution is -0.208. The summed E-state index contributed by atoms with van der Waals surface area (Å²) in [4.78, 5) is 15.2. The predicted molar refractivity (Wildman–Crippen MR) is 119 cm³/mol. The van der Waals surface area contributed by atoms with Crippen molar-refractivity contribution in [2.75, 3.05) is 47.1 Å². The van der Waals surface area contributed by atoms with Crippen molar-refractivity contribution in [3.05, 3.63) is 28.2 Å². The third-order valence-electron chi connectivity index (χ3n) is 6.89. The van der Waals surface area contributed by atoms with Crippen molar-refractivity contribution in [2.45, 2.75) is 42.3 Å². The zero-order valence-electron chi connectivity index (χ0n) is 18.1. The highest BCUT2D eigenvalue weighted by Gasteiger charge is 2.74. The third kappa shape index (κ3) is 3.85. The highest BCUT2D eigenvalue weighted by Crippen LogP contribution is 2.61. The Labute approximate surface area is 198 Å². The van der Waals surface area contributed by atoms with Gasteiger partial charge in [0.15, 0.2) is 0 Å². The molecule has 2 saturated heterocycles. The maximum Gasteiger partial charge on any atom is 0.244 e. The molecule has 32 heavy (non-hydrogen) atoms. The Bertz CT molecular complexity index is 957. The molecular weight excluding hydrogens is 479 g/mol. The number of nitrogens with zero attached hydrogens (tertiary/aromatic N) is 2. The maximum atomic E-state index is 13.7. The van der Waals surface area contributed by atoms with Crippen LogP contribution in [0.2, 0.25) is 10.0 Å². The molecule has 0 bridgehead atoms. The molecule has 8 nitrogen and oxygen atoms in total. The van der Waals surface area contributed by atoms with E-state index in [-0.39, 0.29) is 33.0 Å². The number of amides is 1. The van der Waals surface area contributed by atoms with Gasteiger partial charge >= 0.3 is 0 Å². The van der Waals surface area contributed by atoms with E-state index >= 15 is 0 Å². The first-order valence-corrected chi connectivity index (χ1v) is 12.8. The van der Waals surface area contributed by atoms with Crippen molar-refractivity contribution in [1.82, 2.24) is 9.21 Å². The van der Waals surface area contributed by atoms with Crippen LogP contribution in [-0.2, 0) is 29.0 Å². The summed E-state index contributed by atoms with van der Waals surface area (Å²) in [7, 11) is -0.826. The second-order valence-electron chi connectivity index (χ2n) is 8.49. The molecule has 1 spiro atoms. The topological polar surface area (TPSA) is 85.4 Å². The summed E-state index contributed by atoms with van der Waals surface area (Å²) in [5.41, 5.74) is -0.538. The fourth-order valence-electron chi connectivity index (χ4n) is 5.57. The molecule has 1 aromatic rings. The summed E-state index contributed by atoms with van der Waals surface area (Å²) in [5.74, 6) is -0.205. The number of piperidine rings is 1. The number of carbonyl (C=O) groups excluding carboxylic acids is 1. The molecule has 1 aromatic carbocycles. The number of methoxy groups -OCH3 is 2. The van der Waals surface area contributed by atoms with Crippen LogP contribution in [0.1, 0.15) is 19.3 Å². The van der Waals surface area contributed by atoms with Crippen LogP contribution in [-0.4, -0.2) is 88.8 Å². The Morgan fingerprint density at radius 3 is 2.44 bits per heavy atom. The molecule has 3 fully saturated rings. The first-order chi connectivity index (χ1) is 15.3. The number of hydrogen-bond acceptors (Lipinski definition) is 6. The summed E-state index contributed by atoms with van der Waals surface area (Å²) >= 11 is 12.2. The molecule has 0 N–H and O–H groups in total. The van der Waals surface area contributed by atoms with Gasteiger partial charge in [-0.05, 0) is 31.0 Å². The van der Waals surface area contributed by atoms with Gasteiger partial charge < -0.3 is 19.1 Å². The quantitative estimate of drug-likeness (QED) is 0.478. The smallest absolute Gasteiger partial charge is 0.244 e. The molecule has 0 aromatic heterocycles. The number of sulfonamides is 1. The number of halogens is 2. The van der Waals surface area contributed by atoms with Crippen molar-refractivity contribution in [3.63, 3.8) is 0 Å². The summed E-state index contributed by atoms with van der Waals surface area (Å²) in [6.45, 7) is 1.95. The maximum absolute atomic E-state index is 13.7. The number of likely N-dealkylation sites (tertiary alicyclic amines) is 1. The molecule has 2 aliphatic heterocycles. The van der Waals surface area contributed by atoms with E-state index < -0.39 is 21.5 Å². The molecule has 1 amide bonds. The van der Waals surface area contributed by atoms with Crippen molar-refractivity contribution in [2.24, 2.45) is 5.41 Å². The van der Waals surface area contributed by atoms with Gasteiger partial charge in [0.25, 0.3) is 0 Å². The van der Waals surface area contributed by atoms with Gasteiger partial charge in [0, 0.05) is 48.8 Å². The number of carbonyl (C=O) groups is 1. The van der Waals surface area contributed by atoms with E-state index in [1.54, 1.807) is 19.1 Å². The lowest BCUT2D eigenvalue weighted by Crippen LogP contribution is -2.82. The van der Waals surface area contributed by atoms with Gasteiger partial charge in [0.1, 0.15) is 6.04 Å². The molecule has 1 saturated carbocycles. The van der Waals surface area contributed by atoms with Crippen molar-refractivity contribution >= 4 is 39.1 Å². The van der Waals surface area contributed by atoms with Gasteiger partial charge in [-0.2, -0.15) is 4.31 Å². The highest BCUT2D eigenvalue weighted by atomic mass is 35.5. The van der Waals surface area contributed by atoms with Crippen molar-refractivity contribution < 1.29 is 27.4 Å². The van der Waals surface area contributed by atoms with Gasteiger partial charge in [-0.3, -0.25) is 4.79 Å². The van der Waals surface area contributed by atoms with Gasteiger partial charge in [-0.1, -0.05) is 29.6 Å². The van der Waals surface area contributed by atoms with Crippen LogP contribution < -0.4 is 0 Å². The standard InChI is InChI=1S/C21H28Cl2N2O6S/c1-29-7-6-24-13-18(31-9-8-30-2)21-5-3-4-17(21)25(19(21)20(24)26)32(27,28)16-11-14(22)10-15(23)12-16/h10-12,17-19H,3-9,13H2,1-2H3/t17?,18-,19?,21?/m0/s1. The molecule has 178 valence electrons. The van der Waals surface area contributed by atoms with E-state index in [2.05, 4.69) is 0 Å². The molecule has 2 heterocycles. The van der Waals surface area contributed by atoms with Gasteiger partial charge in [0.2, 0.25) is 15.9 Å². The number of rotatable bonds is 9. The first kappa shape index (κ1) is 24.2. The average Bonchev–Trinajstić information content (AvgIpc) is 3.05. The van der Waals surface area contributed by atoms with E-state index in [1.165, 1.54) is 22.5 Å². The Hall–Kier alpha value is -0.940. The van der Waals surface area contributed by atoms with Gasteiger partial charge in [-0.15, -0.1) is 0 Å². The van der Waals surface area contributed by atoms with Crippen LogP contribution >= 0.6 is 23.2 Å². The fraction of sp³-hybridized carbons (Fsp3) is 0.667. The SMILES string of the molecule is COCCO[C@H]1CN(CCOC)C(=O)C2N(S(=O)(=O)c3cc(Cl)cc(Cl)c3)C3CCCC321. The largest absolute Gasteiger partial charge is 0.383 e. The molecule has 3 aliphatic rings. The second-order valence-corrected chi connectivity index (χ2v) is 11.2. The van der Waals surface area contributed by atoms with Crippen LogP contribution in [0, 0.1) is 5.41 Å². The third-order valence-corrected chi connectivity index (χ3v) is 9.18. The number of hydrogen-bond donors (Lipinski definition) is 0. The van der Waals surface area contributed by atoms with Crippen LogP contribution in [0.15, 0.2) is 23.1 Å². The van der Waals surface area contributed by atoms with Crippen LogP contribution in [0.5, 0.6) is 0 Å². The van der Waals surface area contributed by atoms with Crippen LogP contribution in [0.3, 0.4) is 0 Å². The highest BCUT2D eigenvalue weighted by molar-refractivity contribution is 7.89. The fourth-order valence-corrected chi connectivity index (χ4v) is 8.22. The minimum Gasteiger partial charge on any atom is -0.383 e. The number of benzene rings is 1. The molecule has 3 unspecified atom stereocenters. The van der Waals surface area contributed by atoms with Gasteiger partial charge in [0.05, 0.1) is 30.8 Å². The molecule has 0 radical (unpaired) electrons. The molecule has 4 rings (SSSR count). The molecule has 4 atom stereocenters. The second kappa shape index (κ2) is 9.37. The Kier molecular flexibility index (Phi) is 7.08. The van der Waals surface area contributed by atoms with E-state index in [4.69, 9.17) is 37.4 Å². The molecule has 1 aliphatic carbocycles. The van der Waals surface area contributed by atoms with E-state index in [0.717, 1.165) is 12.8 Å². The lowest BCUT2D eigenvalue weighted by Gasteiger charge is -2.64. The lowest BCUT2D eigenvalue weighted by atomic mass is 9.61. The van der Waals surface area contributed by atoms with Gasteiger partial charge in [-0.25, -0.2) is 8.42 Å². The normalized spacial score (nSPS) is 30.2. The summed E-state index contributed by atoms with van der Waals surface area (Å²) in [6, 6.07) is 3.10. The Morgan fingerprint density at radius 2 is 1.78 bits per heavy atom. The molecule has 11 heteroatoms. The van der Waals surface area contributed by atoms with Crippen LogP contribution in [0.4, 0.5) is 0 Å². The van der Waals surface area contributed by atoms with E-state index in [1.807, 2.05) is 0 Å². The van der Waals surface area contributed by atoms with E-state index in [9.17, 15) is 13.2 Å². The first-order valence-electron chi connectivity index (χ1n) is 10.6. The van der Waals surface area contributed by atoms with Crippen molar-refractivity contribution in [1.29, 1.82) is 0 Å². The predicted octanol–water partition coefficient (Wildman–Crippen LogP) is 2.43. The Morgan fingerprint density at radius 1 is 1.09 bits per heavy atom. The zero-order chi connectivity index (χ0) is 23.1. The minimum absolute atomic E-state index is 0.00540. The zero-order valence-corrected chi connectivity index (χ0v) is 20.5. The minimum atomic E-state index is -4.00.